The summed E-state index contributed by atoms with van der Waals surface area (Å²) in [5, 5.41) is 3.05. The Balaban J connectivity index is 1.45. The maximum atomic E-state index is 12.5. The van der Waals surface area contributed by atoms with Crippen LogP contribution in [0.25, 0.3) is 0 Å². The van der Waals surface area contributed by atoms with Gasteiger partial charge in [0.05, 0.1) is 6.04 Å². The van der Waals surface area contributed by atoms with Crippen molar-refractivity contribution >= 4 is 11.9 Å². The number of urea groups is 1. The van der Waals surface area contributed by atoms with E-state index >= 15 is 0 Å². The lowest BCUT2D eigenvalue weighted by molar-refractivity contribution is -0.131. The van der Waals surface area contributed by atoms with Crippen LogP contribution in [-0.2, 0) is 11.3 Å². The second kappa shape index (κ2) is 7.66. The molecule has 3 amide bonds. The minimum Gasteiger partial charge on any atom is -0.336 e. The molecule has 0 bridgehead atoms. The first-order valence-electron chi connectivity index (χ1n) is 9.45. The quantitative estimate of drug-likeness (QED) is 0.898. The molecule has 3 rings (SSSR count). The lowest BCUT2D eigenvalue weighted by Gasteiger charge is -2.35. The number of nitrogens with one attached hydrogen (secondary N) is 1. The summed E-state index contributed by atoms with van der Waals surface area (Å²) in [5.74, 6) is 0.121. The van der Waals surface area contributed by atoms with E-state index < -0.39 is 0 Å². The molecule has 0 radical (unpaired) electrons. The first-order chi connectivity index (χ1) is 12.3. The number of benzene rings is 1. The molecule has 2 heterocycles. The lowest BCUT2D eigenvalue weighted by atomic mass is 10.1. The molecule has 6 heteroatoms. The maximum Gasteiger partial charge on any atom is 0.317 e. The molecule has 2 fully saturated rings. The zero-order valence-corrected chi connectivity index (χ0v) is 16.1. The van der Waals surface area contributed by atoms with Crippen LogP contribution < -0.4 is 5.32 Å². The van der Waals surface area contributed by atoms with Crippen LogP contribution in [0.4, 0.5) is 4.79 Å². The largest absolute Gasteiger partial charge is 0.336 e. The van der Waals surface area contributed by atoms with Crippen LogP contribution in [0.2, 0.25) is 0 Å². The molecule has 1 aromatic rings. The van der Waals surface area contributed by atoms with E-state index in [-0.39, 0.29) is 23.5 Å². The summed E-state index contributed by atoms with van der Waals surface area (Å²) in [6, 6.07) is 10.3. The van der Waals surface area contributed by atoms with Gasteiger partial charge in [0.15, 0.2) is 0 Å². The van der Waals surface area contributed by atoms with Crippen molar-refractivity contribution in [3.8, 4) is 0 Å². The van der Waals surface area contributed by atoms with Crippen LogP contribution in [0.3, 0.4) is 0 Å². The second-order valence-electron chi connectivity index (χ2n) is 8.27. The van der Waals surface area contributed by atoms with Crippen molar-refractivity contribution in [2.24, 2.45) is 0 Å². The first kappa shape index (κ1) is 18.7. The zero-order valence-electron chi connectivity index (χ0n) is 16.1. The van der Waals surface area contributed by atoms with Gasteiger partial charge in [-0.3, -0.25) is 9.69 Å². The van der Waals surface area contributed by atoms with E-state index in [1.807, 2.05) is 36.6 Å². The third-order valence-corrected chi connectivity index (χ3v) is 5.17. The number of amides is 3. The Morgan fingerprint density at radius 3 is 2.35 bits per heavy atom. The number of hydrogen-bond acceptors (Lipinski definition) is 3. The first-order valence-corrected chi connectivity index (χ1v) is 9.45. The Hall–Kier alpha value is -2.08. The van der Waals surface area contributed by atoms with Gasteiger partial charge in [0.1, 0.15) is 0 Å². The number of hydrogen-bond donors (Lipinski definition) is 1. The molecule has 0 aliphatic carbocycles. The van der Waals surface area contributed by atoms with Gasteiger partial charge >= 0.3 is 6.03 Å². The standard InChI is InChI=1S/C20H30N4O2/c1-20(2,3)24-15-17(13-18(24)25)21-19(26)23-11-9-22(10-12-23)14-16-7-5-4-6-8-16/h4-8,17H,9-15H2,1-3H3,(H,21,26). The Kier molecular flexibility index (Phi) is 5.51. The van der Waals surface area contributed by atoms with Crippen molar-refractivity contribution in [2.75, 3.05) is 32.7 Å². The Labute approximate surface area is 156 Å². The molecule has 142 valence electrons. The molecule has 6 nitrogen and oxygen atoms in total. The molecular formula is C20H30N4O2. The van der Waals surface area contributed by atoms with Crippen LogP contribution in [0.5, 0.6) is 0 Å². The molecular weight excluding hydrogens is 328 g/mol. The van der Waals surface area contributed by atoms with Gasteiger partial charge in [-0.2, -0.15) is 0 Å². The molecule has 1 aromatic carbocycles. The molecule has 2 aliphatic heterocycles. The highest BCUT2D eigenvalue weighted by atomic mass is 16.2. The lowest BCUT2D eigenvalue weighted by Crippen LogP contribution is -2.53. The van der Waals surface area contributed by atoms with E-state index in [1.54, 1.807) is 0 Å². The SMILES string of the molecule is CC(C)(C)N1CC(NC(=O)N2CCN(Cc3ccccc3)CC2)CC1=O. The topological polar surface area (TPSA) is 55.9 Å². The van der Waals surface area contributed by atoms with Gasteiger partial charge in [0, 0.05) is 51.2 Å². The van der Waals surface area contributed by atoms with E-state index in [9.17, 15) is 9.59 Å². The average molecular weight is 358 g/mol. The van der Waals surface area contributed by atoms with Gasteiger partial charge < -0.3 is 15.1 Å². The number of likely N-dealkylation sites (tertiary alicyclic amines) is 1. The normalized spacial score (nSPS) is 22.0. The molecule has 0 saturated carbocycles. The highest BCUT2D eigenvalue weighted by molar-refractivity contribution is 5.82. The summed E-state index contributed by atoms with van der Waals surface area (Å²) in [6.07, 6.45) is 0.400. The highest BCUT2D eigenvalue weighted by Crippen LogP contribution is 2.22. The third-order valence-electron chi connectivity index (χ3n) is 5.17. The fraction of sp³-hybridized carbons (Fsp3) is 0.600. The van der Waals surface area contributed by atoms with E-state index in [4.69, 9.17) is 0 Å². The number of carbonyl (C=O) groups excluding carboxylic acids is 2. The van der Waals surface area contributed by atoms with E-state index in [0.29, 0.717) is 13.0 Å². The van der Waals surface area contributed by atoms with Crippen LogP contribution in [0.15, 0.2) is 30.3 Å². The highest BCUT2D eigenvalue weighted by Gasteiger charge is 2.37. The smallest absolute Gasteiger partial charge is 0.317 e. The van der Waals surface area contributed by atoms with Crippen molar-refractivity contribution in [3.63, 3.8) is 0 Å². The van der Waals surface area contributed by atoms with Crippen LogP contribution >= 0.6 is 0 Å². The van der Waals surface area contributed by atoms with Crippen molar-refractivity contribution in [1.82, 2.24) is 20.0 Å². The van der Waals surface area contributed by atoms with Gasteiger partial charge in [-0.15, -0.1) is 0 Å². The summed E-state index contributed by atoms with van der Waals surface area (Å²) >= 11 is 0. The van der Waals surface area contributed by atoms with Gasteiger partial charge in [-0.05, 0) is 26.3 Å². The van der Waals surface area contributed by atoms with Gasteiger partial charge in [0.25, 0.3) is 0 Å². The Morgan fingerprint density at radius 2 is 1.77 bits per heavy atom. The second-order valence-corrected chi connectivity index (χ2v) is 8.27. The molecule has 2 aliphatic rings. The third kappa shape index (κ3) is 4.55. The monoisotopic (exact) mass is 358 g/mol. The summed E-state index contributed by atoms with van der Waals surface area (Å²) in [7, 11) is 0. The van der Waals surface area contributed by atoms with Crippen molar-refractivity contribution < 1.29 is 9.59 Å². The molecule has 1 unspecified atom stereocenters. The number of piperazine rings is 1. The van der Waals surface area contributed by atoms with Crippen LogP contribution in [-0.4, -0.2) is 70.9 Å². The molecule has 2 saturated heterocycles. The van der Waals surface area contributed by atoms with Crippen LogP contribution in [0.1, 0.15) is 32.8 Å². The predicted octanol–water partition coefficient (Wildman–Crippen LogP) is 1.91. The van der Waals surface area contributed by atoms with E-state index in [0.717, 1.165) is 32.7 Å². The minimum atomic E-state index is -0.195. The van der Waals surface area contributed by atoms with Gasteiger partial charge in [-0.1, -0.05) is 30.3 Å². The van der Waals surface area contributed by atoms with Gasteiger partial charge in [-0.25, -0.2) is 4.79 Å². The van der Waals surface area contributed by atoms with E-state index in [1.165, 1.54) is 5.56 Å². The van der Waals surface area contributed by atoms with E-state index in [2.05, 4.69) is 34.5 Å². The average Bonchev–Trinajstić information content (AvgIpc) is 2.97. The number of rotatable bonds is 3. The fourth-order valence-corrected chi connectivity index (χ4v) is 3.67. The molecule has 26 heavy (non-hydrogen) atoms. The van der Waals surface area contributed by atoms with Crippen molar-refractivity contribution in [1.29, 1.82) is 0 Å². The minimum absolute atomic E-state index is 0.0436. The number of carbonyl (C=O) groups is 2. The molecule has 1 atom stereocenters. The number of nitrogens with zero attached hydrogens (tertiary/aromatic N) is 3. The summed E-state index contributed by atoms with van der Waals surface area (Å²) in [4.78, 5) is 30.8. The van der Waals surface area contributed by atoms with Gasteiger partial charge in [0.2, 0.25) is 5.91 Å². The summed E-state index contributed by atoms with van der Waals surface area (Å²) in [6.45, 7) is 10.8. The van der Waals surface area contributed by atoms with Crippen molar-refractivity contribution in [3.05, 3.63) is 35.9 Å². The van der Waals surface area contributed by atoms with Crippen molar-refractivity contribution in [2.45, 2.75) is 45.3 Å². The molecule has 0 spiro atoms. The fourth-order valence-electron chi connectivity index (χ4n) is 3.67. The zero-order chi connectivity index (χ0) is 18.7. The Morgan fingerprint density at radius 1 is 1.12 bits per heavy atom. The molecule has 0 aromatic heterocycles. The Bertz CT molecular complexity index is 633. The molecule has 1 N–H and O–H groups in total. The maximum absolute atomic E-state index is 12.5. The predicted molar refractivity (Wildman–Crippen MR) is 102 cm³/mol. The summed E-state index contributed by atoms with van der Waals surface area (Å²) < 4.78 is 0. The summed E-state index contributed by atoms with van der Waals surface area (Å²) in [5.41, 5.74) is 1.11. The van der Waals surface area contributed by atoms with Crippen LogP contribution in [0, 0.1) is 0 Å².